The van der Waals surface area contributed by atoms with Gasteiger partial charge in [0.15, 0.2) is 12.3 Å². The average Bonchev–Trinajstić information content (AvgIpc) is 2.12. The van der Waals surface area contributed by atoms with Gasteiger partial charge < -0.3 is 9.47 Å². The van der Waals surface area contributed by atoms with Gasteiger partial charge in [0.05, 0.1) is 6.07 Å². The Morgan fingerprint density at radius 2 is 2.08 bits per heavy atom. The fraction of sp³-hybridized carbons (Fsp3) is 0.714. The number of hydrogen-bond donors (Lipinski definition) is 0. The van der Waals surface area contributed by atoms with E-state index in [1.165, 1.54) is 20.3 Å². The van der Waals surface area contributed by atoms with Gasteiger partial charge >= 0.3 is 0 Å². The molecule has 0 radical (unpaired) electrons. The predicted octanol–water partition coefficient (Wildman–Crippen LogP) is 0.223. The Labute approximate surface area is 70.6 Å². The number of nitrogens with zero attached hydrogens (tertiary/aromatic N) is 2. The smallest absolute Gasteiger partial charge is 0.236 e. The lowest BCUT2D eigenvalue weighted by atomic mass is 10.2. The zero-order valence-electron chi connectivity index (χ0n) is 6.98. The van der Waals surface area contributed by atoms with Gasteiger partial charge in [-0.1, -0.05) is 0 Å². The molecule has 0 rings (SSSR count). The Kier molecular flexibility index (Phi) is 5.84. The summed E-state index contributed by atoms with van der Waals surface area (Å²) in [6.45, 7) is 0. The van der Waals surface area contributed by atoms with Crippen LogP contribution >= 0.6 is 0 Å². The molecule has 0 N–H and O–H groups in total. The number of nitriles is 1. The topological polar surface area (TPSA) is 71.7 Å². The van der Waals surface area contributed by atoms with Gasteiger partial charge in [-0.05, 0) is 0 Å². The molecule has 66 valence electrons. The molecule has 5 nitrogen and oxygen atoms in total. The van der Waals surface area contributed by atoms with Crippen molar-refractivity contribution in [2.75, 3.05) is 14.2 Å². The molecule has 5 heteroatoms. The highest BCUT2D eigenvalue weighted by Gasteiger charge is 2.13. The molecule has 1 unspecified atom stereocenters. The SMILES string of the molecule is COC(CC(C#N)N=C=O)OC. The summed E-state index contributed by atoms with van der Waals surface area (Å²) in [5.41, 5.74) is 0. The molecule has 0 aliphatic carbocycles. The molecule has 0 aromatic carbocycles. The summed E-state index contributed by atoms with van der Waals surface area (Å²) < 4.78 is 9.63. The number of aliphatic imine (C=N–C) groups is 1. The van der Waals surface area contributed by atoms with Crippen molar-refractivity contribution < 1.29 is 14.3 Å². The van der Waals surface area contributed by atoms with E-state index < -0.39 is 12.3 Å². The molecule has 0 heterocycles. The van der Waals surface area contributed by atoms with Crippen molar-refractivity contribution in [1.29, 1.82) is 5.26 Å². The number of methoxy groups -OCH3 is 2. The van der Waals surface area contributed by atoms with E-state index >= 15 is 0 Å². The fourth-order valence-corrected chi connectivity index (χ4v) is 0.669. The quantitative estimate of drug-likeness (QED) is 0.336. The van der Waals surface area contributed by atoms with E-state index in [9.17, 15) is 4.79 Å². The summed E-state index contributed by atoms with van der Waals surface area (Å²) in [4.78, 5) is 13.1. The van der Waals surface area contributed by atoms with Crippen LogP contribution in [0.4, 0.5) is 0 Å². The number of carbonyl (C=O) groups excluding carboxylic acids is 1. The van der Waals surface area contributed by atoms with Crippen molar-refractivity contribution in [3.8, 4) is 6.07 Å². The Morgan fingerprint density at radius 3 is 2.42 bits per heavy atom. The molecule has 0 saturated heterocycles. The molecule has 0 aromatic rings. The minimum absolute atomic E-state index is 0.235. The second-order valence-corrected chi connectivity index (χ2v) is 2.00. The molecule has 0 saturated carbocycles. The molecule has 0 bridgehead atoms. The second-order valence-electron chi connectivity index (χ2n) is 2.00. The Bertz CT molecular complexity index is 201. The number of rotatable bonds is 5. The van der Waals surface area contributed by atoms with Crippen molar-refractivity contribution in [3.05, 3.63) is 0 Å². The third-order valence-corrected chi connectivity index (χ3v) is 1.30. The minimum atomic E-state index is -0.743. The first kappa shape index (κ1) is 10.8. The third-order valence-electron chi connectivity index (χ3n) is 1.30. The monoisotopic (exact) mass is 170 g/mol. The molecule has 0 fully saturated rings. The van der Waals surface area contributed by atoms with Gasteiger partial charge in [-0.3, -0.25) is 0 Å². The van der Waals surface area contributed by atoms with Crippen molar-refractivity contribution in [2.45, 2.75) is 18.8 Å². The minimum Gasteiger partial charge on any atom is -0.356 e. The highest BCUT2D eigenvalue weighted by Crippen LogP contribution is 2.04. The van der Waals surface area contributed by atoms with Gasteiger partial charge in [0.25, 0.3) is 0 Å². The van der Waals surface area contributed by atoms with Crippen molar-refractivity contribution in [1.82, 2.24) is 0 Å². The average molecular weight is 170 g/mol. The van der Waals surface area contributed by atoms with Crippen molar-refractivity contribution >= 4 is 6.08 Å². The molecule has 0 aliphatic rings. The van der Waals surface area contributed by atoms with E-state index in [4.69, 9.17) is 14.7 Å². The summed E-state index contributed by atoms with van der Waals surface area (Å²) >= 11 is 0. The first-order valence-electron chi connectivity index (χ1n) is 3.30. The normalized spacial score (nSPS) is 11.8. The van der Waals surface area contributed by atoms with Crippen molar-refractivity contribution in [2.24, 2.45) is 4.99 Å². The maximum absolute atomic E-state index is 9.81. The molecular formula is C7H10N2O3. The van der Waals surface area contributed by atoms with Crippen LogP contribution in [-0.2, 0) is 14.3 Å². The molecule has 12 heavy (non-hydrogen) atoms. The molecule has 0 amide bonds. The van der Waals surface area contributed by atoms with Crippen LogP contribution in [0.15, 0.2) is 4.99 Å². The first-order chi connectivity index (χ1) is 5.78. The number of ether oxygens (including phenoxy) is 2. The van der Waals surface area contributed by atoms with Crippen LogP contribution in [0.2, 0.25) is 0 Å². The number of isocyanates is 1. The van der Waals surface area contributed by atoms with Gasteiger partial charge in [-0.2, -0.15) is 10.3 Å². The Balaban J connectivity index is 4.01. The highest BCUT2D eigenvalue weighted by atomic mass is 16.7. The first-order valence-corrected chi connectivity index (χ1v) is 3.30. The second kappa shape index (κ2) is 6.50. The zero-order valence-corrected chi connectivity index (χ0v) is 6.98. The molecular weight excluding hydrogens is 160 g/mol. The van der Waals surface area contributed by atoms with Crippen LogP contribution in [0.1, 0.15) is 6.42 Å². The van der Waals surface area contributed by atoms with Gasteiger partial charge in [0.1, 0.15) is 0 Å². The van der Waals surface area contributed by atoms with E-state index in [0.29, 0.717) is 0 Å². The van der Waals surface area contributed by atoms with Crippen LogP contribution < -0.4 is 0 Å². The lowest BCUT2D eigenvalue weighted by Gasteiger charge is -2.12. The van der Waals surface area contributed by atoms with Gasteiger partial charge in [-0.25, -0.2) is 4.79 Å². The van der Waals surface area contributed by atoms with Crippen LogP contribution in [0.3, 0.4) is 0 Å². The molecule has 0 aromatic heterocycles. The van der Waals surface area contributed by atoms with Gasteiger partial charge in [0, 0.05) is 20.6 Å². The largest absolute Gasteiger partial charge is 0.356 e. The maximum Gasteiger partial charge on any atom is 0.236 e. The van der Waals surface area contributed by atoms with E-state index in [-0.39, 0.29) is 6.42 Å². The maximum atomic E-state index is 9.81. The number of hydrogen-bond acceptors (Lipinski definition) is 5. The van der Waals surface area contributed by atoms with Crippen LogP contribution in [0, 0.1) is 11.3 Å². The van der Waals surface area contributed by atoms with E-state index in [0.717, 1.165) is 0 Å². The van der Waals surface area contributed by atoms with Crippen molar-refractivity contribution in [3.63, 3.8) is 0 Å². The van der Waals surface area contributed by atoms with Crippen LogP contribution in [0.25, 0.3) is 0 Å². The fourth-order valence-electron chi connectivity index (χ4n) is 0.669. The lowest BCUT2D eigenvalue weighted by molar-refractivity contribution is -0.106. The predicted molar refractivity (Wildman–Crippen MR) is 39.9 cm³/mol. The van der Waals surface area contributed by atoms with Gasteiger partial charge in [-0.15, -0.1) is 0 Å². The highest BCUT2D eigenvalue weighted by molar-refractivity contribution is 5.34. The summed E-state index contributed by atoms with van der Waals surface area (Å²) in [6, 6.07) is 1.07. The zero-order chi connectivity index (χ0) is 9.40. The molecule has 0 spiro atoms. The van der Waals surface area contributed by atoms with E-state index in [2.05, 4.69) is 4.99 Å². The summed E-state index contributed by atoms with van der Waals surface area (Å²) in [5.74, 6) is 0. The van der Waals surface area contributed by atoms with E-state index in [1.807, 2.05) is 6.07 Å². The molecule has 1 atom stereocenters. The molecule has 0 aliphatic heterocycles. The Morgan fingerprint density at radius 1 is 1.50 bits per heavy atom. The van der Waals surface area contributed by atoms with Gasteiger partial charge in [0.2, 0.25) is 6.08 Å². The van der Waals surface area contributed by atoms with E-state index in [1.54, 1.807) is 0 Å². The van der Waals surface area contributed by atoms with Crippen LogP contribution in [-0.4, -0.2) is 32.6 Å². The summed E-state index contributed by atoms with van der Waals surface area (Å²) in [7, 11) is 2.90. The summed E-state index contributed by atoms with van der Waals surface area (Å²) in [6.07, 6.45) is 1.04. The summed E-state index contributed by atoms with van der Waals surface area (Å²) in [5, 5.41) is 8.46. The lowest BCUT2D eigenvalue weighted by Crippen LogP contribution is -2.19. The third kappa shape index (κ3) is 3.84. The van der Waals surface area contributed by atoms with Crippen LogP contribution in [0.5, 0.6) is 0 Å². The standard InChI is InChI=1S/C7H10N2O3/c1-11-7(12-2)3-6(4-8)9-5-10/h6-7H,3H2,1-2H3. The Hall–Kier alpha value is -1.21.